The molecule has 0 saturated heterocycles. The average molecular weight is 291 g/mol. The topological polar surface area (TPSA) is 95.3 Å². The Bertz CT molecular complexity index is 639. The summed E-state index contributed by atoms with van der Waals surface area (Å²) in [5.41, 5.74) is 0.0718. The van der Waals surface area contributed by atoms with Gasteiger partial charge in [0.1, 0.15) is 5.76 Å². The third-order valence-corrected chi connectivity index (χ3v) is 3.43. The highest BCUT2D eigenvalue weighted by atomic mass is 32.2. The van der Waals surface area contributed by atoms with E-state index in [-0.39, 0.29) is 17.2 Å². The fourth-order valence-electron chi connectivity index (χ4n) is 1.51. The molecule has 0 atom stereocenters. The van der Waals surface area contributed by atoms with Crippen LogP contribution < -0.4 is 10.4 Å². The maximum Gasteiger partial charge on any atom is 0.235 e. The fraction of sp³-hybridized carbons (Fsp3) is 0.154. The van der Waals surface area contributed by atoms with Crippen molar-refractivity contribution in [3.63, 3.8) is 0 Å². The van der Waals surface area contributed by atoms with Gasteiger partial charge >= 0.3 is 0 Å². The van der Waals surface area contributed by atoms with Crippen molar-refractivity contribution < 1.29 is 19.2 Å². The van der Waals surface area contributed by atoms with Crippen LogP contribution in [-0.4, -0.2) is 22.8 Å². The summed E-state index contributed by atoms with van der Waals surface area (Å²) >= 11 is 1.12. The summed E-state index contributed by atoms with van der Waals surface area (Å²) in [6.07, 6.45) is 0. The lowest BCUT2D eigenvalue weighted by Crippen LogP contribution is -2.23. The van der Waals surface area contributed by atoms with Gasteiger partial charge in [0.05, 0.1) is 11.7 Å². The van der Waals surface area contributed by atoms with Gasteiger partial charge in [0.15, 0.2) is 5.82 Å². The summed E-state index contributed by atoms with van der Waals surface area (Å²) in [5.74, 6) is -0.565. The fourth-order valence-corrected chi connectivity index (χ4v) is 2.35. The Morgan fingerprint density at radius 2 is 2.15 bits per heavy atom. The first-order chi connectivity index (χ1) is 9.56. The summed E-state index contributed by atoms with van der Waals surface area (Å²) in [6.45, 7) is 1.72. The van der Waals surface area contributed by atoms with Crippen LogP contribution >= 0.6 is 11.8 Å². The van der Waals surface area contributed by atoms with E-state index in [1.54, 1.807) is 31.2 Å². The van der Waals surface area contributed by atoms with E-state index in [0.29, 0.717) is 16.5 Å². The number of benzene rings is 1. The number of thioether (sulfide) groups is 1. The number of rotatable bonds is 5. The van der Waals surface area contributed by atoms with Crippen LogP contribution in [0.25, 0.3) is 0 Å². The largest absolute Gasteiger partial charge is 0.545 e. The number of hydrogen-bond donors (Lipinski definition) is 1. The Morgan fingerprint density at radius 1 is 1.40 bits per heavy atom. The molecule has 1 aromatic heterocycles. The van der Waals surface area contributed by atoms with Crippen LogP contribution in [0.15, 0.2) is 39.8 Å². The summed E-state index contributed by atoms with van der Waals surface area (Å²) < 4.78 is 4.82. The zero-order chi connectivity index (χ0) is 14.5. The monoisotopic (exact) mass is 291 g/mol. The number of hydrogen-bond acceptors (Lipinski definition) is 6. The molecule has 0 aliphatic heterocycles. The Kier molecular flexibility index (Phi) is 4.41. The molecule has 1 amide bonds. The first kappa shape index (κ1) is 14.1. The van der Waals surface area contributed by atoms with E-state index in [1.807, 2.05) is 0 Å². The van der Waals surface area contributed by atoms with E-state index in [9.17, 15) is 14.7 Å². The smallest absolute Gasteiger partial charge is 0.235 e. The lowest BCUT2D eigenvalue weighted by Gasteiger charge is -2.09. The second-order valence-corrected chi connectivity index (χ2v) is 4.96. The van der Waals surface area contributed by atoms with Gasteiger partial charge in [0.25, 0.3) is 0 Å². The van der Waals surface area contributed by atoms with Crippen LogP contribution in [0.4, 0.5) is 5.82 Å². The minimum Gasteiger partial charge on any atom is -0.545 e. The van der Waals surface area contributed by atoms with Crippen LogP contribution in [0.1, 0.15) is 16.1 Å². The number of anilines is 1. The molecule has 104 valence electrons. The van der Waals surface area contributed by atoms with Crippen molar-refractivity contribution in [1.82, 2.24) is 5.16 Å². The van der Waals surface area contributed by atoms with Crippen LogP contribution in [-0.2, 0) is 4.79 Å². The quantitative estimate of drug-likeness (QED) is 0.828. The molecule has 6 nitrogen and oxygen atoms in total. The van der Waals surface area contributed by atoms with Crippen molar-refractivity contribution in [3.05, 3.63) is 41.7 Å². The van der Waals surface area contributed by atoms with Crippen molar-refractivity contribution >= 4 is 29.5 Å². The third kappa shape index (κ3) is 3.61. The first-order valence-corrected chi connectivity index (χ1v) is 6.71. The minimum absolute atomic E-state index is 0.0657. The minimum atomic E-state index is -1.26. The molecule has 0 saturated carbocycles. The lowest BCUT2D eigenvalue weighted by molar-refractivity contribution is -0.255. The Balaban J connectivity index is 1.95. The van der Waals surface area contributed by atoms with Gasteiger partial charge in [-0.25, -0.2) is 0 Å². The van der Waals surface area contributed by atoms with Gasteiger partial charge in [-0.15, -0.1) is 11.8 Å². The number of nitrogens with one attached hydrogen (secondary N) is 1. The summed E-state index contributed by atoms with van der Waals surface area (Å²) in [7, 11) is 0. The molecule has 20 heavy (non-hydrogen) atoms. The van der Waals surface area contributed by atoms with Crippen molar-refractivity contribution in [2.24, 2.45) is 0 Å². The molecule has 1 heterocycles. The number of amides is 1. The van der Waals surface area contributed by atoms with Crippen LogP contribution in [0, 0.1) is 6.92 Å². The van der Waals surface area contributed by atoms with Crippen molar-refractivity contribution in [3.8, 4) is 0 Å². The van der Waals surface area contributed by atoms with E-state index in [2.05, 4.69) is 10.5 Å². The molecule has 0 unspecified atom stereocenters. The Labute approximate surface area is 119 Å². The second kappa shape index (κ2) is 6.25. The van der Waals surface area contributed by atoms with Crippen molar-refractivity contribution in [2.75, 3.05) is 11.1 Å². The number of carbonyl (C=O) groups is 2. The van der Waals surface area contributed by atoms with Gasteiger partial charge in [0, 0.05) is 16.5 Å². The maximum absolute atomic E-state index is 11.7. The second-order valence-electron chi connectivity index (χ2n) is 3.94. The number of aromatic carboxylic acids is 1. The summed E-state index contributed by atoms with van der Waals surface area (Å²) in [4.78, 5) is 23.1. The SMILES string of the molecule is Cc1cc(NC(=O)CSc2ccccc2C(=O)[O-])no1. The van der Waals surface area contributed by atoms with E-state index >= 15 is 0 Å². The molecule has 0 radical (unpaired) electrons. The highest BCUT2D eigenvalue weighted by molar-refractivity contribution is 8.00. The molecule has 7 heteroatoms. The Morgan fingerprint density at radius 3 is 2.80 bits per heavy atom. The molecule has 1 N–H and O–H groups in total. The molecule has 2 rings (SSSR count). The highest BCUT2D eigenvalue weighted by Gasteiger charge is 2.09. The molecule has 2 aromatic rings. The zero-order valence-electron chi connectivity index (χ0n) is 10.6. The molecule has 1 aromatic carbocycles. The molecule has 0 spiro atoms. The number of carbonyl (C=O) groups excluding carboxylic acids is 2. The maximum atomic E-state index is 11.7. The molecular formula is C13H11N2O4S-. The van der Waals surface area contributed by atoms with E-state index in [4.69, 9.17) is 4.52 Å². The standard InChI is InChI=1S/C13H12N2O4S/c1-8-6-11(15-19-8)14-12(16)7-20-10-5-3-2-4-9(10)13(17)18/h2-6H,7H2,1H3,(H,17,18)(H,14,15,16)/p-1. The number of carboxylic acid groups (broad SMARTS) is 1. The molecule has 0 bridgehead atoms. The number of nitrogens with zero attached hydrogens (tertiary/aromatic N) is 1. The van der Waals surface area contributed by atoms with Crippen LogP contribution in [0.3, 0.4) is 0 Å². The normalized spacial score (nSPS) is 10.2. The number of aryl methyl sites for hydroxylation is 1. The lowest BCUT2D eigenvalue weighted by atomic mass is 10.2. The molecule has 0 fully saturated rings. The predicted molar refractivity (Wildman–Crippen MR) is 71.4 cm³/mol. The average Bonchev–Trinajstić information content (AvgIpc) is 2.82. The van der Waals surface area contributed by atoms with Gasteiger partial charge in [-0.2, -0.15) is 0 Å². The summed E-state index contributed by atoms with van der Waals surface area (Å²) in [6, 6.07) is 7.97. The van der Waals surface area contributed by atoms with Gasteiger partial charge in [0.2, 0.25) is 5.91 Å². The van der Waals surface area contributed by atoms with E-state index < -0.39 is 5.97 Å². The van der Waals surface area contributed by atoms with Crippen LogP contribution in [0.5, 0.6) is 0 Å². The van der Waals surface area contributed by atoms with Crippen molar-refractivity contribution in [2.45, 2.75) is 11.8 Å². The summed E-state index contributed by atoms with van der Waals surface area (Å²) in [5, 5.41) is 17.1. The van der Waals surface area contributed by atoms with Gasteiger partial charge in [-0.1, -0.05) is 23.4 Å². The van der Waals surface area contributed by atoms with Gasteiger partial charge < -0.3 is 19.7 Å². The number of aromatic nitrogens is 1. The van der Waals surface area contributed by atoms with Gasteiger partial charge in [-0.3, -0.25) is 4.79 Å². The van der Waals surface area contributed by atoms with Gasteiger partial charge in [-0.05, 0) is 13.0 Å². The first-order valence-electron chi connectivity index (χ1n) is 5.72. The molecular weight excluding hydrogens is 280 g/mol. The zero-order valence-corrected chi connectivity index (χ0v) is 11.4. The Hall–Kier alpha value is -2.28. The van der Waals surface area contributed by atoms with Crippen LogP contribution in [0.2, 0.25) is 0 Å². The molecule has 0 aliphatic carbocycles. The van der Waals surface area contributed by atoms with E-state index in [1.165, 1.54) is 6.07 Å². The van der Waals surface area contributed by atoms with Crippen molar-refractivity contribution in [1.29, 1.82) is 0 Å². The predicted octanol–water partition coefficient (Wildman–Crippen LogP) is 1.08. The molecule has 0 aliphatic rings. The third-order valence-electron chi connectivity index (χ3n) is 2.36. The highest BCUT2D eigenvalue weighted by Crippen LogP contribution is 2.22. The number of carboxylic acids is 1. The van der Waals surface area contributed by atoms with E-state index in [0.717, 1.165) is 11.8 Å².